The Morgan fingerprint density at radius 1 is 1.46 bits per heavy atom. The van der Waals surface area contributed by atoms with E-state index in [0.717, 1.165) is 24.2 Å². The summed E-state index contributed by atoms with van der Waals surface area (Å²) in [6, 6.07) is 4.43. The van der Waals surface area contributed by atoms with Crippen molar-refractivity contribution in [2.45, 2.75) is 42.6 Å². The van der Waals surface area contributed by atoms with Gasteiger partial charge in [-0.25, -0.2) is 4.39 Å². The van der Waals surface area contributed by atoms with Gasteiger partial charge in [0, 0.05) is 30.2 Å². The van der Waals surface area contributed by atoms with Crippen LogP contribution in [0.15, 0.2) is 23.4 Å². The van der Waals surface area contributed by atoms with Gasteiger partial charge in [0.2, 0.25) is 5.91 Å². The number of rotatable bonds is 8. The van der Waals surface area contributed by atoms with Crippen LogP contribution in [-0.2, 0) is 17.1 Å². The molecule has 1 heterocycles. The van der Waals surface area contributed by atoms with Crippen LogP contribution in [0.4, 0.5) is 4.39 Å². The van der Waals surface area contributed by atoms with Gasteiger partial charge in [0.25, 0.3) is 0 Å². The van der Waals surface area contributed by atoms with Crippen LogP contribution in [0.3, 0.4) is 0 Å². The Bertz CT molecular complexity index is 746. The Balaban J connectivity index is 1.77. The number of primary amides is 1. The first-order valence-corrected chi connectivity index (χ1v) is 8.73. The van der Waals surface area contributed by atoms with Crippen molar-refractivity contribution < 1.29 is 13.9 Å². The molecule has 0 spiro atoms. The van der Waals surface area contributed by atoms with Gasteiger partial charge in [-0.1, -0.05) is 11.8 Å². The molecule has 24 heavy (non-hydrogen) atoms. The number of amides is 1. The maximum Gasteiger partial charge on any atom is 0.219 e. The molecular formula is C16H19FN4O2S. The van der Waals surface area contributed by atoms with Crippen molar-refractivity contribution in [2.24, 2.45) is 5.73 Å². The molecule has 2 N–H and O–H groups in total. The van der Waals surface area contributed by atoms with Crippen molar-refractivity contribution in [1.29, 1.82) is 0 Å². The molecule has 1 aromatic heterocycles. The summed E-state index contributed by atoms with van der Waals surface area (Å²) in [5, 5.41) is 9.21. The summed E-state index contributed by atoms with van der Waals surface area (Å²) in [6.45, 7) is 0.469. The lowest BCUT2D eigenvalue weighted by Crippen LogP contribution is -2.15. The molecule has 0 bridgehead atoms. The van der Waals surface area contributed by atoms with E-state index in [0.29, 0.717) is 29.1 Å². The maximum atomic E-state index is 13.5. The third-order valence-corrected chi connectivity index (χ3v) is 4.88. The molecule has 1 aliphatic rings. The van der Waals surface area contributed by atoms with Gasteiger partial charge in [-0.2, -0.15) is 0 Å². The Labute approximate surface area is 143 Å². The molecule has 0 radical (unpaired) electrons. The van der Waals surface area contributed by atoms with Gasteiger partial charge in [-0.15, -0.1) is 10.2 Å². The Morgan fingerprint density at radius 2 is 2.25 bits per heavy atom. The molecule has 0 unspecified atom stereocenters. The number of benzene rings is 1. The summed E-state index contributed by atoms with van der Waals surface area (Å²) >= 11 is 1.45. The van der Waals surface area contributed by atoms with Crippen LogP contribution in [0.25, 0.3) is 0 Å². The van der Waals surface area contributed by atoms with Gasteiger partial charge in [0.1, 0.15) is 17.4 Å². The van der Waals surface area contributed by atoms with Crippen molar-refractivity contribution in [3.63, 3.8) is 0 Å². The zero-order valence-corrected chi connectivity index (χ0v) is 14.2. The van der Waals surface area contributed by atoms with Crippen LogP contribution in [0, 0.1) is 5.82 Å². The molecule has 1 aliphatic carbocycles. The van der Waals surface area contributed by atoms with Crippen LogP contribution >= 0.6 is 11.8 Å². The second kappa shape index (κ2) is 7.21. The van der Waals surface area contributed by atoms with Crippen LogP contribution in [-0.4, -0.2) is 27.8 Å². The highest BCUT2D eigenvalue weighted by Crippen LogP contribution is 2.40. The predicted octanol–water partition coefficient (Wildman–Crippen LogP) is 2.47. The van der Waals surface area contributed by atoms with E-state index in [-0.39, 0.29) is 18.1 Å². The zero-order valence-electron chi connectivity index (χ0n) is 13.4. The lowest BCUT2D eigenvalue weighted by atomic mass is 10.2. The SMILES string of the molecule is COc1ccc(F)cc1CSc1nnc(C2CC2)n1CCC(N)=O. The normalized spacial score (nSPS) is 13.9. The second-order valence-corrected chi connectivity index (χ2v) is 6.67. The third-order valence-electron chi connectivity index (χ3n) is 3.87. The molecule has 3 rings (SSSR count). The van der Waals surface area contributed by atoms with Gasteiger partial charge in [-0.05, 0) is 31.0 Å². The molecule has 1 aromatic carbocycles. The number of carbonyl (C=O) groups is 1. The maximum absolute atomic E-state index is 13.5. The highest BCUT2D eigenvalue weighted by molar-refractivity contribution is 7.98. The number of nitrogens with two attached hydrogens (primary N) is 1. The van der Waals surface area contributed by atoms with E-state index in [2.05, 4.69) is 10.2 Å². The summed E-state index contributed by atoms with van der Waals surface area (Å²) in [4.78, 5) is 11.1. The van der Waals surface area contributed by atoms with Gasteiger partial charge in [-0.3, -0.25) is 4.79 Å². The van der Waals surface area contributed by atoms with Crippen LogP contribution in [0.2, 0.25) is 0 Å². The minimum atomic E-state index is -0.354. The van der Waals surface area contributed by atoms with E-state index in [1.807, 2.05) is 4.57 Å². The number of ether oxygens (including phenoxy) is 1. The standard InChI is InChI=1S/C16H19FN4O2S/c1-23-13-5-4-12(17)8-11(13)9-24-16-20-19-15(10-2-3-10)21(16)7-6-14(18)22/h4-5,8,10H,2-3,6-7,9H2,1H3,(H2,18,22). The van der Waals surface area contributed by atoms with Crippen molar-refractivity contribution >= 4 is 17.7 Å². The largest absolute Gasteiger partial charge is 0.496 e. The molecule has 0 atom stereocenters. The van der Waals surface area contributed by atoms with Gasteiger partial charge in [0.05, 0.1) is 7.11 Å². The van der Waals surface area contributed by atoms with Crippen molar-refractivity contribution in [3.05, 3.63) is 35.4 Å². The highest BCUT2D eigenvalue weighted by Gasteiger charge is 2.30. The number of methoxy groups -OCH3 is 1. The van der Waals surface area contributed by atoms with Gasteiger partial charge in [0.15, 0.2) is 5.16 Å². The lowest BCUT2D eigenvalue weighted by molar-refractivity contribution is -0.118. The summed E-state index contributed by atoms with van der Waals surface area (Å²) in [7, 11) is 1.56. The quantitative estimate of drug-likeness (QED) is 0.740. The lowest BCUT2D eigenvalue weighted by Gasteiger charge is -2.10. The Hall–Kier alpha value is -2.09. The summed E-state index contributed by atoms with van der Waals surface area (Å²) in [6.07, 6.45) is 2.43. The molecule has 8 heteroatoms. The zero-order chi connectivity index (χ0) is 17.1. The molecule has 1 amide bonds. The number of hydrogen-bond donors (Lipinski definition) is 1. The molecule has 128 valence electrons. The van der Waals surface area contributed by atoms with Crippen molar-refractivity contribution in [3.8, 4) is 5.75 Å². The van der Waals surface area contributed by atoms with Gasteiger partial charge >= 0.3 is 0 Å². The fraction of sp³-hybridized carbons (Fsp3) is 0.438. The van der Waals surface area contributed by atoms with E-state index in [4.69, 9.17) is 10.5 Å². The molecule has 1 fully saturated rings. The first-order chi connectivity index (χ1) is 11.6. The number of halogens is 1. The Morgan fingerprint density at radius 3 is 2.92 bits per heavy atom. The molecule has 0 aliphatic heterocycles. The molecule has 6 nitrogen and oxygen atoms in total. The van der Waals surface area contributed by atoms with Crippen molar-refractivity contribution in [1.82, 2.24) is 14.8 Å². The smallest absolute Gasteiger partial charge is 0.219 e. The first-order valence-electron chi connectivity index (χ1n) is 7.75. The van der Waals surface area contributed by atoms with Crippen LogP contribution in [0.5, 0.6) is 5.75 Å². The fourth-order valence-electron chi connectivity index (χ4n) is 2.48. The molecule has 2 aromatic rings. The molecule has 1 saturated carbocycles. The topological polar surface area (TPSA) is 83.0 Å². The number of hydrogen-bond acceptors (Lipinski definition) is 5. The number of carbonyl (C=O) groups excluding carboxylic acids is 1. The molecule has 0 saturated heterocycles. The summed E-state index contributed by atoms with van der Waals surface area (Å²) < 4.78 is 20.7. The van der Waals surface area contributed by atoms with E-state index in [1.54, 1.807) is 13.2 Å². The van der Waals surface area contributed by atoms with Crippen LogP contribution in [0.1, 0.15) is 36.6 Å². The fourth-order valence-corrected chi connectivity index (χ4v) is 3.43. The second-order valence-electron chi connectivity index (χ2n) is 5.73. The van der Waals surface area contributed by atoms with Crippen LogP contribution < -0.4 is 10.5 Å². The number of aromatic nitrogens is 3. The number of thioether (sulfide) groups is 1. The average molecular weight is 350 g/mol. The summed E-state index contributed by atoms with van der Waals surface area (Å²) in [5.41, 5.74) is 6.01. The third kappa shape index (κ3) is 3.87. The predicted molar refractivity (Wildman–Crippen MR) is 88.3 cm³/mol. The van der Waals surface area contributed by atoms with Crippen molar-refractivity contribution in [2.75, 3.05) is 7.11 Å². The minimum Gasteiger partial charge on any atom is -0.496 e. The molecular weight excluding hydrogens is 331 g/mol. The first kappa shape index (κ1) is 16.8. The average Bonchev–Trinajstić information content (AvgIpc) is 3.32. The van der Waals surface area contributed by atoms with Gasteiger partial charge < -0.3 is 15.0 Å². The van der Waals surface area contributed by atoms with E-state index < -0.39 is 0 Å². The summed E-state index contributed by atoms with van der Waals surface area (Å²) in [5.74, 6) is 1.80. The number of nitrogens with zero attached hydrogens (tertiary/aromatic N) is 3. The highest BCUT2D eigenvalue weighted by atomic mass is 32.2. The Kier molecular flexibility index (Phi) is 5.03. The monoisotopic (exact) mass is 350 g/mol. The van der Waals surface area contributed by atoms with E-state index in [9.17, 15) is 9.18 Å². The van der Waals surface area contributed by atoms with E-state index in [1.165, 1.54) is 23.9 Å². The minimum absolute atomic E-state index is 0.245. The van der Waals surface area contributed by atoms with E-state index >= 15 is 0 Å².